The molecule has 390 valence electrons. The monoisotopic (exact) mass is 1060 g/mol. The van der Waals surface area contributed by atoms with E-state index in [1.807, 2.05) is 196 Å². The second-order valence-corrected chi connectivity index (χ2v) is 20.9. The van der Waals surface area contributed by atoms with Crippen molar-refractivity contribution in [2.24, 2.45) is 0 Å². The highest BCUT2D eigenvalue weighted by Crippen LogP contribution is 2.37. The molecule has 0 unspecified atom stereocenters. The van der Waals surface area contributed by atoms with Crippen LogP contribution in [0.5, 0.6) is 0 Å². The lowest BCUT2D eigenvalue weighted by molar-refractivity contribution is 0.00578. The second kappa shape index (κ2) is 23.1. The Balaban J connectivity index is 0.000000140. The highest BCUT2D eigenvalue weighted by Gasteiger charge is 2.51. The number of pyridine rings is 2. The van der Waals surface area contributed by atoms with E-state index in [2.05, 4.69) is 81.2 Å². The molecular formula is C68H56BClN8O2. The Morgan fingerprint density at radius 3 is 1.04 bits per heavy atom. The first-order valence-corrected chi connectivity index (χ1v) is 26.9. The fraction of sp³-hybridized carbons (Fsp3) is 0.118. The summed E-state index contributed by atoms with van der Waals surface area (Å²) < 4.78 is 12.4. The number of benzene rings is 8. The molecule has 1 saturated heterocycles. The lowest BCUT2D eigenvalue weighted by Gasteiger charge is -2.32. The smallest absolute Gasteiger partial charge is 0.399 e. The van der Waals surface area contributed by atoms with Gasteiger partial charge in [-0.2, -0.15) is 0 Å². The summed E-state index contributed by atoms with van der Waals surface area (Å²) in [4.78, 5) is 37.9. The molecule has 1 aliphatic heterocycles. The van der Waals surface area contributed by atoms with E-state index >= 15 is 0 Å². The third-order valence-electron chi connectivity index (χ3n) is 14.2. The van der Waals surface area contributed by atoms with E-state index < -0.39 is 7.12 Å². The van der Waals surface area contributed by atoms with Crippen LogP contribution in [0.2, 0.25) is 5.02 Å². The lowest BCUT2D eigenvalue weighted by atomic mass is 9.79. The van der Waals surface area contributed by atoms with Crippen LogP contribution >= 0.6 is 11.6 Å². The van der Waals surface area contributed by atoms with Crippen LogP contribution in [-0.4, -0.2) is 58.2 Å². The first-order chi connectivity index (χ1) is 38.8. The number of para-hydroxylation sites is 2. The topological polar surface area (TPSA) is 122 Å². The van der Waals surface area contributed by atoms with E-state index in [0.29, 0.717) is 34.9 Å². The fourth-order valence-electron chi connectivity index (χ4n) is 9.13. The Morgan fingerprint density at radius 2 is 0.637 bits per heavy atom. The predicted molar refractivity (Wildman–Crippen MR) is 325 cm³/mol. The maximum absolute atomic E-state index is 6.19. The molecule has 12 aromatic rings. The summed E-state index contributed by atoms with van der Waals surface area (Å²) in [5, 5.41) is 2.94. The molecule has 5 heterocycles. The van der Waals surface area contributed by atoms with Crippen molar-refractivity contribution in [3.63, 3.8) is 0 Å². The average molecular weight is 1060 g/mol. The third-order valence-corrected chi connectivity index (χ3v) is 14.5. The first kappa shape index (κ1) is 52.9. The van der Waals surface area contributed by atoms with Crippen LogP contribution in [0.4, 0.5) is 0 Å². The number of aromatic nitrogens is 8. The maximum Gasteiger partial charge on any atom is 0.494 e. The molecule has 12 heteroatoms. The molecule has 0 spiro atoms. The van der Waals surface area contributed by atoms with Crippen molar-refractivity contribution in [1.82, 2.24) is 39.9 Å². The quantitative estimate of drug-likeness (QED) is 0.136. The minimum absolute atomic E-state index is 0.375. The van der Waals surface area contributed by atoms with Gasteiger partial charge >= 0.3 is 7.12 Å². The van der Waals surface area contributed by atoms with Crippen LogP contribution in [0.3, 0.4) is 0 Å². The minimum Gasteiger partial charge on any atom is -0.399 e. The molecule has 0 saturated carbocycles. The molecule has 0 N–H and O–H groups in total. The van der Waals surface area contributed by atoms with Gasteiger partial charge in [0.2, 0.25) is 0 Å². The largest absolute Gasteiger partial charge is 0.494 e. The standard InChI is InChI=1S/C31H22N4.C27H26BN3O2.C10H8ClN/c1-21-15-16-23-13-8-14-27(28(23)32-21)22-17-19-26(20-18-22)31-34-29(24-9-4-2-5-10-24)33-30(35-31)25-11-6-3-7-12-25;1-26(2)27(3,4)33-28(32-26)22-17-15-21(16-18-22)25-30-23(19-11-7-5-8-12-19)29-24(31-25)20-13-9-6-10-14-20;1-7-5-6-8-3-2-4-9(11)10(8)12-7/h2-20H,1H3;5-18H,1-4H3;2-6H,1H3. The van der Waals surface area contributed by atoms with Crippen molar-refractivity contribution in [2.75, 3.05) is 0 Å². The molecule has 0 amide bonds. The van der Waals surface area contributed by atoms with Gasteiger partial charge in [0.1, 0.15) is 0 Å². The molecule has 0 radical (unpaired) electrons. The zero-order valence-electron chi connectivity index (χ0n) is 45.3. The van der Waals surface area contributed by atoms with Gasteiger partial charge in [-0.1, -0.05) is 224 Å². The number of rotatable bonds is 8. The summed E-state index contributed by atoms with van der Waals surface area (Å²) in [6.07, 6.45) is 0. The van der Waals surface area contributed by atoms with E-state index in [-0.39, 0.29) is 11.2 Å². The van der Waals surface area contributed by atoms with Crippen molar-refractivity contribution >= 4 is 46.0 Å². The molecule has 13 rings (SSSR count). The highest BCUT2D eigenvalue weighted by atomic mass is 35.5. The Bertz CT molecular complexity index is 3970. The van der Waals surface area contributed by atoms with Crippen LogP contribution in [-0.2, 0) is 9.31 Å². The van der Waals surface area contributed by atoms with Gasteiger partial charge in [0.25, 0.3) is 0 Å². The molecule has 10 nitrogen and oxygen atoms in total. The molecule has 1 fully saturated rings. The number of hydrogen-bond donors (Lipinski definition) is 0. The van der Waals surface area contributed by atoms with E-state index in [4.69, 9.17) is 55.8 Å². The van der Waals surface area contributed by atoms with Crippen LogP contribution in [0, 0.1) is 13.8 Å². The van der Waals surface area contributed by atoms with Crippen molar-refractivity contribution in [3.05, 3.63) is 247 Å². The van der Waals surface area contributed by atoms with Crippen LogP contribution in [0.25, 0.3) is 101 Å². The number of fused-ring (bicyclic) bond motifs is 2. The number of hydrogen-bond acceptors (Lipinski definition) is 10. The number of halogens is 1. The van der Waals surface area contributed by atoms with E-state index in [0.717, 1.165) is 88.2 Å². The zero-order valence-corrected chi connectivity index (χ0v) is 46.0. The summed E-state index contributed by atoms with van der Waals surface area (Å²) in [6, 6.07) is 76.7. The maximum atomic E-state index is 6.19. The summed E-state index contributed by atoms with van der Waals surface area (Å²) in [7, 11) is -0.401. The first-order valence-electron chi connectivity index (χ1n) is 26.5. The Hall–Kier alpha value is -9.13. The second-order valence-electron chi connectivity index (χ2n) is 20.5. The molecule has 8 aromatic carbocycles. The van der Waals surface area contributed by atoms with Crippen molar-refractivity contribution in [2.45, 2.75) is 52.7 Å². The Labute approximate surface area is 471 Å². The predicted octanol–water partition coefficient (Wildman–Crippen LogP) is 15.8. The van der Waals surface area contributed by atoms with Gasteiger partial charge in [-0.05, 0) is 70.8 Å². The molecule has 80 heavy (non-hydrogen) atoms. The SMILES string of the molecule is CC1(C)OB(c2ccc(-c3nc(-c4ccccc4)nc(-c4ccccc4)n3)cc2)OC1(C)C.Cc1ccc2cccc(-c3ccc(-c4nc(-c5ccccc5)nc(-c5ccccc5)n4)cc3)c2n1.Cc1ccc2cccc(Cl)c2n1. The minimum atomic E-state index is -0.401. The average Bonchev–Trinajstić information content (AvgIpc) is 3.75. The van der Waals surface area contributed by atoms with Gasteiger partial charge in [0, 0.05) is 61.1 Å². The van der Waals surface area contributed by atoms with Gasteiger partial charge in [0.05, 0.1) is 27.3 Å². The van der Waals surface area contributed by atoms with Gasteiger partial charge in [-0.3, -0.25) is 9.97 Å². The van der Waals surface area contributed by atoms with Gasteiger partial charge in [-0.25, -0.2) is 29.9 Å². The summed E-state index contributed by atoms with van der Waals surface area (Å²) >= 11 is 5.97. The number of aryl methyl sites for hydroxylation is 2. The summed E-state index contributed by atoms with van der Waals surface area (Å²) in [6.45, 7) is 12.2. The van der Waals surface area contributed by atoms with Crippen molar-refractivity contribution in [3.8, 4) is 79.5 Å². The van der Waals surface area contributed by atoms with Gasteiger partial charge in [0.15, 0.2) is 34.9 Å². The van der Waals surface area contributed by atoms with Crippen LogP contribution in [0.15, 0.2) is 231 Å². The van der Waals surface area contributed by atoms with E-state index in [1.54, 1.807) is 0 Å². The van der Waals surface area contributed by atoms with Crippen LogP contribution in [0.1, 0.15) is 39.1 Å². The normalized spacial score (nSPS) is 13.3. The Kier molecular flexibility index (Phi) is 15.3. The van der Waals surface area contributed by atoms with Crippen molar-refractivity contribution < 1.29 is 9.31 Å². The van der Waals surface area contributed by atoms with E-state index in [9.17, 15) is 0 Å². The molecule has 0 bridgehead atoms. The number of nitrogens with zero attached hydrogens (tertiary/aromatic N) is 8. The molecule has 1 aliphatic rings. The molecule has 0 atom stereocenters. The van der Waals surface area contributed by atoms with Gasteiger partial charge in [-0.15, -0.1) is 0 Å². The summed E-state index contributed by atoms with van der Waals surface area (Å²) in [5.41, 5.74) is 12.0. The third kappa shape index (κ3) is 11.8. The molecular weight excluding hydrogens is 1010 g/mol. The van der Waals surface area contributed by atoms with E-state index in [1.165, 1.54) is 0 Å². The highest BCUT2D eigenvalue weighted by molar-refractivity contribution is 6.62. The Morgan fingerprint density at radius 1 is 0.312 bits per heavy atom. The summed E-state index contributed by atoms with van der Waals surface area (Å²) in [5.74, 6) is 3.89. The van der Waals surface area contributed by atoms with Gasteiger partial charge < -0.3 is 9.31 Å². The van der Waals surface area contributed by atoms with Crippen LogP contribution < -0.4 is 5.46 Å². The molecule has 0 aliphatic carbocycles. The zero-order chi connectivity index (χ0) is 55.2. The lowest BCUT2D eigenvalue weighted by Crippen LogP contribution is -2.41. The van der Waals surface area contributed by atoms with Crippen molar-refractivity contribution in [1.29, 1.82) is 0 Å². The molecule has 4 aromatic heterocycles. The fourth-order valence-corrected chi connectivity index (χ4v) is 9.35.